The lowest BCUT2D eigenvalue weighted by atomic mass is 10.2. The second-order valence-electron chi connectivity index (χ2n) is 3.97. The lowest BCUT2D eigenvalue weighted by Crippen LogP contribution is -2.47. The summed E-state index contributed by atoms with van der Waals surface area (Å²) in [7, 11) is 0. The van der Waals surface area contributed by atoms with Crippen LogP contribution in [0.3, 0.4) is 0 Å². The van der Waals surface area contributed by atoms with Crippen LogP contribution in [0.2, 0.25) is 0 Å². The van der Waals surface area contributed by atoms with Gasteiger partial charge in [0.15, 0.2) is 0 Å². The van der Waals surface area contributed by atoms with E-state index in [0.717, 1.165) is 22.4 Å². The monoisotopic (exact) mass is 248 g/mol. The van der Waals surface area contributed by atoms with E-state index in [1.54, 1.807) is 16.8 Å². The van der Waals surface area contributed by atoms with Crippen LogP contribution in [0.1, 0.15) is 0 Å². The predicted molar refractivity (Wildman–Crippen MR) is 69.3 cm³/mol. The van der Waals surface area contributed by atoms with Crippen LogP contribution in [0.4, 0.5) is 11.4 Å². The number of piperazine rings is 1. The molecule has 5 nitrogen and oxygen atoms in total. The fourth-order valence-corrected chi connectivity index (χ4v) is 2.75. The summed E-state index contributed by atoms with van der Waals surface area (Å²) in [6.07, 6.45) is 0. The van der Waals surface area contributed by atoms with Crippen LogP contribution in [0, 0.1) is 0 Å². The smallest absolute Gasteiger partial charge is 0.239 e. The molecule has 1 aliphatic heterocycles. The van der Waals surface area contributed by atoms with E-state index in [2.05, 4.69) is 10.3 Å². The van der Waals surface area contributed by atoms with Crippen molar-refractivity contribution in [3.8, 4) is 0 Å². The predicted octanol–water partition coefficient (Wildman–Crippen LogP) is 0.815. The number of amides is 1. The molecule has 0 unspecified atom stereocenters. The SMILES string of the molecule is Nc1c(N2CCNC(=O)C2)ccc2scnc12. The first-order valence-corrected chi connectivity index (χ1v) is 6.27. The third-order valence-electron chi connectivity index (χ3n) is 2.90. The molecule has 1 amide bonds. The van der Waals surface area contributed by atoms with Gasteiger partial charge in [0.05, 0.1) is 28.1 Å². The molecule has 1 fully saturated rings. The molecule has 2 aromatic rings. The van der Waals surface area contributed by atoms with Gasteiger partial charge in [0.25, 0.3) is 0 Å². The van der Waals surface area contributed by atoms with Gasteiger partial charge in [-0.3, -0.25) is 4.79 Å². The molecule has 3 rings (SSSR count). The van der Waals surface area contributed by atoms with E-state index in [-0.39, 0.29) is 5.91 Å². The highest BCUT2D eigenvalue weighted by Crippen LogP contribution is 2.32. The van der Waals surface area contributed by atoms with E-state index in [1.807, 2.05) is 17.0 Å². The number of fused-ring (bicyclic) bond motifs is 1. The van der Waals surface area contributed by atoms with Crippen LogP contribution < -0.4 is 16.0 Å². The lowest BCUT2D eigenvalue weighted by molar-refractivity contribution is -0.120. The number of rotatable bonds is 1. The maximum atomic E-state index is 11.4. The number of hydrogen-bond acceptors (Lipinski definition) is 5. The first-order chi connectivity index (χ1) is 8.25. The van der Waals surface area contributed by atoms with Gasteiger partial charge in [0, 0.05) is 13.1 Å². The molecule has 88 valence electrons. The molecule has 1 aliphatic rings. The minimum Gasteiger partial charge on any atom is -0.395 e. The summed E-state index contributed by atoms with van der Waals surface area (Å²) in [6, 6.07) is 3.97. The van der Waals surface area contributed by atoms with Gasteiger partial charge < -0.3 is 16.0 Å². The molecule has 0 bridgehead atoms. The standard InChI is InChI=1S/C11H12N4OS/c12-10-7(15-4-3-13-9(16)5-15)1-2-8-11(10)14-6-17-8/h1-2,6H,3-5,12H2,(H,13,16). The zero-order valence-corrected chi connectivity index (χ0v) is 9.96. The molecule has 1 aromatic heterocycles. The molecule has 1 saturated heterocycles. The number of thiazole rings is 1. The van der Waals surface area contributed by atoms with E-state index in [9.17, 15) is 4.79 Å². The normalized spacial score (nSPS) is 16.2. The maximum absolute atomic E-state index is 11.4. The Bertz CT molecular complexity index is 580. The number of anilines is 2. The van der Waals surface area contributed by atoms with E-state index < -0.39 is 0 Å². The zero-order valence-electron chi connectivity index (χ0n) is 9.14. The number of nitrogen functional groups attached to an aromatic ring is 1. The van der Waals surface area contributed by atoms with Crippen molar-refractivity contribution in [2.24, 2.45) is 0 Å². The van der Waals surface area contributed by atoms with E-state index in [4.69, 9.17) is 5.73 Å². The van der Waals surface area contributed by atoms with Crippen molar-refractivity contribution in [2.45, 2.75) is 0 Å². The first kappa shape index (κ1) is 10.3. The third-order valence-corrected chi connectivity index (χ3v) is 3.69. The molecule has 2 heterocycles. The van der Waals surface area contributed by atoms with Crippen molar-refractivity contribution in [2.75, 3.05) is 30.3 Å². The third kappa shape index (κ3) is 1.70. The minimum atomic E-state index is 0.0361. The Kier molecular flexibility index (Phi) is 2.36. The quantitative estimate of drug-likeness (QED) is 0.733. The number of nitrogens with two attached hydrogens (primary N) is 1. The molecule has 1 aromatic carbocycles. The Morgan fingerprint density at radius 2 is 2.35 bits per heavy atom. The molecule has 0 atom stereocenters. The van der Waals surface area contributed by atoms with Gasteiger partial charge in [-0.05, 0) is 12.1 Å². The number of carbonyl (C=O) groups is 1. The number of aromatic nitrogens is 1. The van der Waals surface area contributed by atoms with Crippen LogP contribution in [0.15, 0.2) is 17.6 Å². The summed E-state index contributed by atoms with van der Waals surface area (Å²) in [5, 5.41) is 2.80. The van der Waals surface area contributed by atoms with Crippen LogP contribution in [0.5, 0.6) is 0 Å². The van der Waals surface area contributed by atoms with Crippen LogP contribution in [0.25, 0.3) is 10.2 Å². The lowest BCUT2D eigenvalue weighted by Gasteiger charge is -2.29. The van der Waals surface area contributed by atoms with Gasteiger partial charge in [-0.15, -0.1) is 11.3 Å². The fraction of sp³-hybridized carbons (Fsp3) is 0.273. The Balaban J connectivity index is 2.04. The number of nitrogens with one attached hydrogen (secondary N) is 1. The molecule has 6 heteroatoms. The summed E-state index contributed by atoms with van der Waals surface area (Å²) in [6.45, 7) is 1.80. The van der Waals surface area contributed by atoms with Gasteiger partial charge in [0.1, 0.15) is 5.52 Å². The van der Waals surface area contributed by atoms with Gasteiger partial charge >= 0.3 is 0 Å². The van der Waals surface area contributed by atoms with Gasteiger partial charge in [0.2, 0.25) is 5.91 Å². The molecular formula is C11H12N4OS. The summed E-state index contributed by atoms with van der Waals surface area (Å²) < 4.78 is 1.08. The second-order valence-corrected chi connectivity index (χ2v) is 4.86. The summed E-state index contributed by atoms with van der Waals surface area (Å²) >= 11 is 1.57. The van der Waals surface area contributed by atoms with Crippen molar-refractivity contribution in [1.82, 2.24) is 10.3 Å². The average Bonchev–Trinajstić information content (AvgIpc) is 2.78. The Morgan fingerprint density at radius 3 is 3.18 bits per heavy atom. The summed E-state index contributed by atoms with van der Waals surface area (Å²) in [5.41, 5.74) is 10.3. The van der Waals surface area contributed by atoms with Crippen LogP contribution in [-0.4, -0.2) is 30.5 Å². The summed E-state index contributed by atoms with van der Waals surface area (Å²) in [4.78, 5) is 17.6. The second kappa shape index (κ2) is 3.89. The molecule has 0 saturated carbocycles. The zero-order chi connectivity index (χ0) is 11.8. The minimum absolute atomic E-state index is 0.0361. The highest BCUT2D eigenvalue weighted by Gasteiger charge is 2.19. The van der Waals surface area contributed by atoms with Crippen LogP contribution >= 0.6 is 11.3 Å². The van der Waals surface area contributed by atoms with Crippen molar-refractivity contribution in [1.29, 1.82) is 0 Å². The van der Waals surface area contributed by atoms with E-state index >= 15 is 0 Å². The van der Waals surface area contributed by atoms with Crippen LogP contribution in [-0.2, 0) is 4.79 Å². The van der Waals surface area contributed by atoms with Crippen molar-refractivity contribution in [3.05, 3.63) is 17.6 Å². The van der Waals surface area contributed by atoms with Gasteiger partial charge in [-0.25, -0.2) is 4.98 Å². The number of benzene rings is 1. The molecule has 0 spiro atoms. The Labute approximate surface area is 102 Å². The molecule has 17 heavy (non-hydrogen) atoms. The first-order valence-electron chi connectivity index (χ1n) is 5.39. The average molecular weight is 248 g/mol. The molecule has 3 N–H and O–H groups in total. The topological polar surface area (TPSA) is 71.2 Å². The molecular weight excluding hydrogens is 236 g/mol. The summed E-state index contributed by atoms with van der Waals surface area (Å²) in [5.74, 6) is 0.0361. The Hall–Kier alpha value is -1.82. The number of nitrogens with zero attached hydrogens (tertiary/aromatic N) is 2. The Morgan fingerprint density at radius 1 is 1.47 bits per heavy atom. The van der Waals surface area contributed by atoms with E-state index in [1.165, 1.54) is 0 Å². The highest BCUT2D eigenvalue weighted by molar-refractivity contribution is 7.16. The maximum Gasteiger partial charge on any atom is 0.239 e. The number of carbonyl (C=O) groups excluding carboxylic acids is 1. The molecule has 0 aliphatic carbocycles. The van der Waals surface area contributed by atoms with Crippen molar-refractivity contribution >= 4 is 38.8 Å². The van der Waals surface area contributed by atoms with Gasteiger partial charge in [-0.2, -0.15) is 0 Å². The fourth-order valence-electron chi connectivity index (χ4n) is 2.06. The number of hydrogen-bond donors (Lipinski definition) is 2. The highest BCUT2D eigenvalue weighted by atomic mass is 32.1. The van der Waals surface area contributed by atoms with Crippen molar-refractivity contribution < 1.29 is 4.79 Å². The largest absolute Gasteiger partial charge is 0.395 e. The molecule has 0 radical (unpaired) electrons. The van der Waals surface area contributed by atoms with Gasteiger partial charge in [-0.1, -0.05) is 0 Å². The van der Waals surface area contributed by atoms with E-state index in [0.29, 0.717) is 18.8 Å². The van der Waals surface area contributed by atoms with Crippen molar-refractivity contribution in [3.63, 3.8) is 0 Å².